The molecule has 1 spiro atoms. The number of hydrogen-bond donors (Lipinski definition) is 0. The summed E-state index contributed by atoms with van der Waals surface area (Å²) in [5.41, 5.74) is 0.496. The number of rotatable bonds is 2. The molecule has 0 N–H and O–H groups in total. The molecule has 0 radical (unpaired) electrons. The van der Waals surface area contributed by atoms with Gasteiger partial charge in [0.25, 0.3) is 0 Å². The fraction of sp³-hybridized carbons (Fsp3) is 0.833. The van der Waals surface area contributed by atoms with Gasteiger partial charge >= 0.3 is 5.97 Å². The van der Waals surface area contributed by atoms with Crippen molar-refractivity contribution in [2.24, 2.45) is 28.6 Å². The van der Waals surface area contributed by atoms with Crippen LogP contribution in [0.1, 0.15) is 59.8 Å². The predicted molar refractivity (Wildman–Crippen MR) is 80.1 cm³/mol. The predicted octanol–water partition coefficient (Wildman–Crippen LogP) is 4.35. The average Bonchev–Trinajstić information content (AvgIpc) is 2.80. The number of hydrogen-bond acceptors (Lipinski definition) is 2. The van der Waals surface area contributed by atoms with E-state index in [-0.39, 0.29) is 17.0 Å². The van der Waals surface area contributed by atoms with Crippen LogP contribution in [0, 0.1) is 28.6 Å². The number of carbonyl (C=O) groups is 1. The minimum atomic E-state index is -0.302. The standard InChI is InChI=1S/C18H28O2/c1-6-15(19)20-17(5)9-10-18-11-14(17)16(3,4)13(18)8-7-12(18)2/h6,12-14H,1,7-11H2,2-5H3/t12-,13+,14-,17-,18+/m1/s1. The first-order chi connectivity index (χ1) is 9.26. The molecule has 3 fully saturated rings. The summed E-state index contributed by atoms with van der Waals surface area (Å²) in [4.78, 5) is 11.7. The Bertz CT molecular complexity index is 452. The molecular weight excluding hydrogens is 248 g/mol. The number of carbonyl (C=O) groups excluding carboxylic acids is 1. The summed E-state index contributed by atoms with van der Waals surface area (Å²) in [5, 5.41) is 0. The monoisotopic (exact) mass is 276 g/mol. The van der Waals surface area contributed by atoms with Gasteiger partial charge in [-0.05, 0) is 61.7 Å². The van der Waals surface area contributed by atoms with E-state index in [1.54, 1.807) is 0 Å². The quantitative estimate of drug-likeness (QED) is 0.554. The Labute approximate surface area is 123 Å². The van der Waals surface area contributed by atoms with Gasteiger partial charge in [0.15, 0.2) is 0 Å². The van der Waals surface area contributed by atoms with Crippen LogP contribution in [0.4, 0.5) is 0 Å². The highest BCUT2D eigenvalue weighted by Crippen LogP contribution is 2.73. The minimum Gasteiger partial charge on any atom is -0.456 e. The van der Waals surface area contributed by atoms with E-state index in [2.05, 4.69) is 34.3 Å². The molecule has 0 heterocycles. The van der Waals surface area contributed by atoms with Crippen LogP contribution in [0.15, 0.2) is 12.7 Å². The van der Waals surface area contributed by atoms with Crippen LogP contribution in [0.5, 0.6) is 0 Å². The maximum atomic E-state index is 11.7. The van der Waals surface area contributed by atoms with E-state index in [1.165, 1.54) is 31.8 Å². The topological polar surface area (TPSA) is 26.3 Å². The summed E-state index contributed by atoms with van der Waals surface area (Å²) in [6, 6.07) is 0. The second kappa shape index (κ2) is 4.11. The van der Waals surface area contributed by atoms with Crippen molar-refractivity contribution in [2.75, 3.05) is 0 Å². The molecule has 2 nitrogen and oxygen atoms in total. The first-order valence-corrected chi connectivity index (χ1v) is 8.12. The molecule has 0 aliphatic heterocycles. The summed E-state index contributed by atoms with van der Waals surface area (Å²) in [7, 11) is 0. The fourth-order valence-corrected chi connectivity index (χ4v) is 6.25. The van der Waals surface area contributed by atoms with Crippen molar-refractivity contribution >= 4 is 5.97 Å². The molecule has 0 amide bonds. The lowest BCUT2D eigenvalue weighted by atomic mass is 9.64. The highest BCUT2D eigenvalue weighted by atomic mass is 16.6. The molecule has 3 aliphatic rings. The van der Waals surface area contributed by atoms with Crippen LogP contribution < -0.4 is 0 Å². The van der Waals surface area contributed by atoms with Crippen molar-refractivity contribution in [1.29, 1.82) is 0 Å². The van der Waals surface area contributed by atoms with Gasteiger partial charge in [-0.3, -0.25) is 0 Å². The largest absolute Gasteiger partial charge is 0.456 e. The smallest absolute Gasteiger partial charge is 0.330 e. The Kier molecular flexibility index (Phi) is 2.91. The van der Waals surface area contributed by atoms with Crippen molar-refractivity contribution in [2.45, 2.75) is 65.4 Å². The van der Waals surface area contributed by atoms with Gasteiger partial charge in [0.05, 0.1) is 0 Å². The lowest BCUT2D eigenvalue weighted by Crippen LogP contribution is -2.47. The summed E-state index contributed by atoms with van der Waals surface area (Å²) in [6.07, 6.45) is 7.52. The first-order valence-electron chi connectivity index (χ1n) is 8.12. The molecular formula is C18H28O2. The van der Waals surface area contributed by atoms with E-state index in [1.807, 2.05) is 0 Å². The fourth-order valence-electron chi connectivity index (χ4n) is 6.25. The van der Waals surface area contributed by atoms with Gasteiger partial charge in [0.2, 0.25) is 0 Å². The number of esters is 1. The Balaban J connectivity index is 1.96. The second-order valence-electron chi connectivity index (χ2n) is 8.28. The zero-order chi connectivity index (χ0) is 14.8. The van der Waals surface area contributed by atoms with Crippen LogP contribution in [-0.4, -0.2) is 11.6 Å². The van der Waals surface area contributed by atoms with Gasteiger partial charge in [-0.2, -0.15) is 0 Å². The molecule has 0 aromatic carbocycles. The normalized spacial score (nSPS) is 48.7. The third kappa shape index (κ3) is 1.60. The van der Waals surface area contributed by atoms with Gasteiger partial charge in [0, 0.05) is 12.0 Å². The SMILES string of the molecule is C=CC(=O)O[C@]1(C)CC[C@@]23C[C@@H]1C(C)(C)[C@@H]2CC[C@H]3C. The highest BCUT2D eigenvalue weighted by Gasteiger charge is 2.68. The van der Waals surface area contributed by atoms with Crippen LogP contribution in [0.2, 0.25) is 0 Å². The summed E-state index contributed by atoms with van der Waals surface area (Å²) < 4.78 is 5.83. The average molecular weight is 276 g/mol. The Hall–Kier alpha value is -0.790. The lowest BCUT2D eigenvalue weighted by molar-refractivity contribution is -0.167. The third-order valence-electron chi connectivity index (χ3n) is 7.27. The maximum Gasteiger partial charge on any atom is 0.330 e. The Morgan fingerprint density at radius 1 is 1.20 bits per heavy atom. The van der Waals surface area contributed by atoms with Crippen molar-refractivity contribution in [3.8, 4) is 0 Å². The van der Waals surface area contributed by atoms with Crippen molar-refractivity contribution < 1.29 is 9.53 Å². The summed E-state index contributed by atoms with van der Waals surface area (Å²) in [6.45, 7) is 13.0. The van der Waals surface area contributed by atoms with Gasteiger partial charge in [-0.1, -0.05) is 27.4 Å². The van der Waals surface area contributed by atoms with E-state index in [4.69, 9.17) is 4.74 Å². The van der Waals surface area contributed by atoms with Crippen molar-refractivity contribution in [3.63, 3.8) is 0 Å². The molecule has 0 unspecified atom stereocenters. The lowest BCUT2D eigenvalue weighted by Gasteiger charge is -2.46. The van der Waals surface area contributed by atoms with Crippen molar-refractivity contribution in [3.05, 3.63) is 12.7 Å². The molecule has 5 atom stereocenters. The van der Waals surface area contributed by atoms with Gasteiger partial charge < -0.3 is 4.74 Å². The van der Waals surface area contributed by atoms with E-state index in [0.717, 1.165) is 18.3 Å². The molecule has 20 heavy (non-hydrogen) atoms. The van der Waals surface area contributed by atoms with E-state index >= 15 is 0 Å². The van der Waals surface area contributed by atoms with Crippen LogP contribution in [0.3, 0.4) is 0 Å². The van der Waals surface area contributed by atoms with Crippen LogP contribution >= 0.6 is 0 Å². The zero-order valence-electron chi connectivity index (χ0n) is 13.4. The van der Waals surface area contributed by atoms with Gasteiger partial charge in [-0.15, -0.1) is 0 Å². The van der Waals surface area contributed by atoms with Crippen LogP contribution in [0.25, 0.3) is 0 Å². The zero-order valence-corrected chi connectivity index (χ0v) is 13.4. The molecule has 2 heteroatoms. The molecule has 0 aromatic heterocycles. The first kappa shape index (κ1) is 14.2. The second-order valence-corrected chi connectivity index (χ2v) is 8.28. The molecule has 3 aliphatic carbocycles. The maximum absolute atomic E-state index is 11.7. The molecule has 0 saturated heterocycles. The Morgan fingerprint density at radius 2 is 1.90 bits per heavy atom. The Morgan fingerprint density at radius 3 is 2.55 bits per heavy atom. The molecule has 112 valence electrons. The highest BCUT2D eigenvalue weighted by molar-refractivity contribution is 5.81. The number of ether oxygens (including phenoxy) is 1. The molecule has 0 aromatic rings. The summed E-state index contributed by atoms with van der Waals surface area (Å²) >= 11 is 0. The van der Waals surface area contributed by atoms with E-state index in [0.29, 0.717) is 11.3 Å². The minimum absolute atomic E-state index is 0.260. The van der Waals surface area contributed by atoms with Gasteiger partial charge in [-0.25, -0.2) is 4.79 Å². The molecule has 3 saturated carbocycles. The van der Waals surface area contributed by atoms with Gasteiger partial charge in [0.1, 0.15) is 5.60 Å². The molecule has 2 bridgehead atoms. The van der Waals surface area contributed by atoms with Crippen molar-refractivity contribution in [1.82, 2.24) is 0 Å². The van der Waals surface area contributed by atoms with E-state index < -0.39 is 0 Å². The third-order valence-corrected chi connectivity index (χ3v) is 7.27. The molecule has 3 rings (SSSR count). The van der Waals surface area contributed by atoms with E-state index in [9.17, 15) is 4.79 Å². The number of fused-ring (bicyclic) bond motifs is 1. The van der Waals surface area contributed by atoms with Crippen LogP contribution in [-0.2, 0) is 9.53 Å². The summed E-state index contributed by atoms with van der Waals surface area (Å²) in [5.74, 6) is 1.86.